The minimum Gasteiger partial charge on any atom is -0.462 e. The summed E-state index contributed by atoms with van der Waals surface area (Å²) in [5, 5.41) is 7.48. The Labute approximate surface area is 164 Å². The van der Waals surface area contributed by atoms with Crippen LogP contribution in [-0.4, -0.2) is 36.6 Å². The van der Waals surface area contributed by atoms with E-state index in [1.165, 1.54) is 24.2 Å². The lowest BCUT2D eigenvalue weighted by Crippen LogP contribution is -2.38. The van der Waals surface area contributed by atoms with Gasteiger partial charge in [-0.15, -0.1) is 35.3 Å². The summed E-state index contributed by atoms with van der Waals surface area (Å²) in [5.41, 5.74) is 0.719. The maximum absolute atomic E-state index is 11.9. The number of nitrogens with zero attached hydrogens (tertiary/aromatic N) is 2. The van der Waals surface area contributed by atoms with Gasteiger partial charge in [0.2, 0.25) is 0 Å². The molecule has 2 rings (SSSR count). The van der Waals surface area contributed by atoms with E-state index in [0.717, 1.165) is 35.7 Å². The predicted octanol–water partition coefficient (Wildman–Crippen LogP) is 3.27. The van der Waals surface area contributed by atoms with Crippen molar-refractivity contribution in [2.75, 3.05) is 19.7 Å². The number of ether oxygens (including phenoxy) is 1. The molecule has 24 heavy (non-hydrogen) atoms. The lowest BCUT2D eigenvalue weighted by molar-refractivity contribution is 0.0531. The van der Waals surface area contributed by atoms with Gasteiger partial charge in [-0.1, -0.05) is 0 Å². The summed E-state index contributed by atoms with van der Waals surface area (Å²) in [6.45, 7) is 9.77. The molecule has 1 unspecified atom stereocenters. The van der Waals surface area contributed by atoms with Crippen molar-refractivity contribution in [2.24, 2.45) is 10.9 Å². The van der Waals surface area contributed by atoms with Crippen LogP contribution in [0.3, 0.4) is 0 Å². The summed E-state index contributed by atoms with van der Waals surface area (Å²) in [6, 6.07) is -0.0149. The van der Waals surface area contributed by atoms with Gasteiger partial charge < -0.3 is 15.4 Å². The van der Waals surface area contributed by atoms with Gasteiger partial charge in [0.05, 0.1) is 18.3 Å². The van der Waals surface area contributed by atoms with E-state index in [9.17, 15) is 4.79 Å². The number of aromatic nitrogens is 1. The van der Waals surface area contributed by atoms with Crippen LogP contribution in [0.4, 0.5) is 0 Å². The molecule has 0 aromatic carbocycles. The van der Waals surface area contributed by atoms with Crippen molar-refractivity contribution in [3.05, 3.63) is 15.6 Å². The zero-order valence-electron chi connectivity index (χ0n) is 14.7. The number of esters is 1. The van der Waals surface area contributed by atoms with Crippen molar-refractivity contribution < 1.29 is 9.53 Å². The van der Waals surface area contributed by atoms with E-state index in [4.69, 9.17) is 4.74 Å². The van der Waals surface area contributed by atoms with Crippen LogP contribution in [0.15, 0.2) is 4.99 Å². The fourth-order valence-corrected chi connectivity index (χ4v) is 3.06. The van der Waals surface area contributed by atoms with Gasteiger partial charge in [-0.05, 0) is 46.5 Å². The number of aliphatic imine (C=N–C) groups is 1. The quantitative estimate of drug-likeness (QED) is 0.279. The molecule has 0 amide bonds. The molecule has 0 bridgehead atoms. The first kappa shape index (κ1) is 21.1. The number of thiazole rings is 1. The molecule has 0 radical (unpaired) electrons. The maximum atomic E-state index is 11.9. The molecule has 1 aromatic rings. The molecule has 6 nitrogen and oxygen atoms in total. The van der Waals surface area contributed by atoms with Crippen molar-refractivity contribution in [1.82, 2.24) is 15.6 Å². The third-order valence-corrected chi connectivity index (χ3v) is 4.87. The largest absolute Gasteiger partial charge is 0.462 e. The summed E-state index contributed by atoms with van der Waals surface area (Å²) in [5.74, 6) is 1.26. The number of rotatable bonds is 7. The van der Waals surface area contributed by atoms with Crippen molar-refractivity contribution in [3.63, 3.8) is 0 Å². The summed E-state index contributed by atoms with van der Waals surface area (Å²) in [6.07, 6.45) is 2.57. The minimum atomic E-state index is -0.296. The number of hydrogen-bond donors (Lipinski definition) is 2. The smallest absolute Gasteiger partial charge is 0.350 e. The van der Waals surface area contributed by atoms with Crippen molar-refractivity contribution in [2.45, 2.75) is 46.6 Å². The topological polar surface area (TPSA) is 75.6 Å². The average molecular weight is 466 g/mol. The molecule has 8 heteroatoms. The van der Waals surface area contributed by atoms with Crippen LogP contribution in [0.5, 0.6) is 0 Å². The second-order valence-electron chi connectivity index (χ2n) is 5.72. The molecule has 1 atom stereocenters. The van der Waals surface area contributed by atoms with E-state index < -0.39 is 0 Å². The predicted molar refractivity (Wildman–Crippen MR) is 108 cm³/mol. The first-order chi connectivity index (χ1) is 11.0. The van der Waals surface area contributed by atoms with Crippen LogP contribution in [0.25, 0.3) is 0 Å². The summed E-state index contributed by atoms with van der Waals surface area (Å²) >= 11 is 1.38. The highest BCUT2D eigenvalue weighted by Crippen LogP contribution is 2.29. The van der Waals surface area contributed by atoms with Crippen molar-refractivity contribution in [1.29, 1.82) is 0 Å². The lowest BCUT2D eigenvalue weighted by Gasteiger charge is -2.15. The van der Waals surface area contributed by atoms with E-state index in [2.05, 4.69) is 20.6 Å². The fraction of sp³-hybridized carbons (Fsp3) is 0.688. The van der Waals surface area contributed by atoms with Gasteiger partial charge in [-0.2, -0.15) is 0 Å². The SMILES string of the molecule is CCNC(=NCC1CC1)NC(C)c1nc(C)c(C(=O)OCC)s1.I. The molecule has 1 aromatic heterocycles. The maximum Gasteiger partial charge on any atom is 0.350 e. The van der Waals surface area contributed by atoms with Gasteiger partial charge in [0, 0.05) is 13.1 Å². The van der Waals surface area contributed by atoms with Crippen molar-refractivity contribution in [3.8, 4) is 0 Å². The summed E-state index contributed by atoms with van der Waals surface area (Å²) < 4.78 is 5.07. The van der Waals surface area contributed by atoms with Crippen LogP contribution >= 0.6 is 35.3 Å². The van der Waals surface area contributed by atoms with Gasteiger partial charge in [0.25, 0.3) is 0 Å². The highest BCUT2D eigenvalue weighted by Gasteiger charge is 2.22. The number of carbonyl (C=O) groups is 1. The molecule has 0 spiro atoms. The Balaban J connectivity index is 0.00000288. The summed E-state index contributed by atoms with van der Waals surface area (Å²) in [7, 11) is 0. The molecule has 1 saturated carbocycles. The van der Waals surface area contributed by atoms with Crippen LogP contribution in [0, 0.1) is 12.8 Å². The Hall–Kier alpha value is -0.900. The van der Waals surface area contributed by atoms with Gasteiger partial charge in [0.1, 0.15) is 9.88 Å². The Bertz CT molecular complexity index is 572. The Morgan fingerprint density at radius 1 is 1.46 bits per heavy atom. The first-order valence-corrected chi connectivity index (χ1v) is 9.06. The third kappa shape index (κ3) is 6.19. The number of hydrogen-bond acceptors (Lipinski definition) is 5. The molecule has 0 saturated heterocycles. The van der Waals surface area contributed by atoms with Crippen molar-refractivity contribution >= 4 is 47.2 Å². The zero-order chi connectivity index (χ0) is 16.8. The molecule has 1 fully saturated rings. The Morgan fingerprint density at radius 2 is 2.17 bits per heavy atom. The van der Waals surface area contributed by atoms with Gasteiger partial charge in [0.15, 0.2) is 5.96 Å². The van der Waals surface area contributed by atoms with E-state index in [1.54, 1.807) is 6.92 Å². The second-order valence-corrected chi connectivity index (χ2v) is 6.75. The van der Waals surface area contributed by atoms with E-state index in [0.29, 0.717) is 11.5 Å². The number of guanidine groups is 1. The molecule has 0 aliphatic heterocycles. The number of aryl methyl sites for hydroxylation is 1. The fourth-order valence-electron chi connectivity index (χ4n) is 2.10. The molecular weight excluding hydrogens is 439 g/mol. The molecule has 1 aliphatic carbocycles. The second kappa shape index (κ2) is 10.2. The highest BCUT2D eigenvalue weighted by atomic mass is 127. The summed E-state index contributed by atoms with van der Waals surface area (Å²) in [4.78, 5) is 21.6. The molecule has 2 N–H and O–H groups in total. The van der Waals surface area contributed by atoms with Crippen LogP contribution in [0.2, 0.25) is 0 Å². The number of carbonyl (C=O) groups excluding carboxylic acids is 1. The first-order valence-electron chi connectivity index (χ1n) is 8.24. The van der Waals surface area contributed by atoms with Crippen LogP contribution in [-0.2, 0) is 4.74 Å². The monoisotopic (exact) mass is 466 g/mol. The normalized spacial score (nSPS) is 15.4. The highest BCUT2D eigenvalue weighted by molar-refractivity contribution is 14.0. The van der Waals surface area contributed by atoms with Gasteiger partial charge >= 0.3 is 5.97 Å². The average Bonchev–Trinajstić information content (AvgIpc) is 3.26. The van der Waals surface area contributed by atoms with Gasteiger partial charge in [-0.3, -0.25) is 4.99 Å². The Morgan fingerprint density at radius 3 is 2.75 bits per heavy atom. The molecule has 1 heterocycles. The van der Waals surface area contributed by atoms with Crippen LogP contribution < -0.4 is 10.6 Å². The molecule has 136 valence electrons. The van der Waals surface area contributed by atoms with E-state index in [-0.39, 0.29) is 36.0 Å². The van der Waals surface area contributed by atoms with E-state index >= 15 is 0 Å². The minimum absolute atomic E-state index is 0. The third-order valence-electron chi connectivity index (χ3n) is 3.55. The van der Waals surface area contributed by atoms with Gasteiger partial charge in [-0.25, -0.2) is 9.78 Å². The Kier molecular flexibility index (Phi) is 8.96. The number of nitrogens with one attached hydrogen (secondary N) is 2. The van der Waals surface area contributed by atoms with E-state index in [1.807, 2.05) is 20.8 Å². The number of halogens is 1. The molecular formula is C16H27IN4O2S. The zero-order valence-corrected chi connectivity index (χ0v) is 17.9. The lowest BCUT2D eigenvalue weighted by atomic mass is 10.3. The molecule has 1 aliphatic rings. The van der Waals surface area contributed by atoms with Crippen LogP contribution in [0.1, 0.15) is 60.0 Å². The standard InChI is InChI=1S/C16H26N4O2S.HI/c1-5-17-16(18-9-12-7-8-12)20-11(4)14-19-10(3)13(23-14)15(21)22-6-2;/h11-12H,5-9H2,1-4H3,(H2,17,18,20);1H.